The number of likely N-dealkylation sites (N-methyl/N-ethyl adjacent to an activating group) is 1. The number of hydrogen-bond donors (Lipinski definition) is 1. The van der Waals surface area contributed by atoms with Gasteiger partial charge in [0.05, 0.1) is 11.4 Å². The van der Waals surface area contributed by atoms with Gasteiger partial charge in [-0.05, 0) is 43.8 Å². The van der Waals surface area contributed by atoms with Gasteiger partial charge in [-0.1, -0.05) is 43.0 Å². The highest BCUT2D eigenvalue weighted by Crippen LogP contribution is 2.47. The van der Waals surface area contributed by atoms with E-state index in [4.69, 9.17) is 0 Å². The van der Waals surface area contributed by atoms with Gasteiger partial charge in [-0.3, -0.25) is 0 Å². The van der Waals surface area contributed by atoms with Crippen molar-refractivity contribution in [2.45, 2.75) is 22.6 Å². The average molecular weight is 321 g/mol. The molecule has 1 atom stereocenters. The number of para-hydroxylation sites is 1. The average Bonchev–Trinajstić information content (AvgIpc) is 2.43. The van der Waals surface area contributed by atoms with Gasteiger partial charge in [0.15, 0.2) is 0 Å². The number of halogens is 1. The molecule has 1 N–H and O–H groups in total. The summed E-state index contributed by atoms with van der Waals surface area (Å²) in [7, 11) is 4.26. The first-order valence-electron chi connectivity index (χ1n) is 6.96. The fraction of sp³-hybridized carbons (Fsp3) is 0.294. The molecule has 2 aromatic rings. The van der Waals surface area contributed by atoms with Crippen LogP contribution in [0.1, 0.15) is 18.4 Å². The van der Waals surface area contributed by atoms with Gasteiger partial charge in [0, 0.05) is 16.3 Å². The van der Waals surface area contributed by atoms with Crippen molar-refractivity contribution in [3.05, 3.63) is 48.0 Å². The van der Waals surface area contributed by atoms with E-state index in [9.17, 15) is 0 Å². The van der Waals surface area contributed by atoms with Crippen LogP contribution < -0.4 is 5.32 Å². The zero-order valence-electron chi connectivity index (χ0n) is 12.6. The smallest absolute Gasteiger partial charge is 0.0529 e. The molecule has 2 nitrogen and oxygen atoms in total. The van der Waals surface area contributed by atoms with Crippen LogP contribution in [0.15, 0.2) is 52.3 Å². The summed E-state index contributed by atoms with van der Waals surface area (Å²) in [6, 6.07) is 15.1. The summed E-state index contributed by atoms with van der Waals surface area (Å²) in [5.41, 5.74) is 3.88. The Morgan fingerprint density at radius 1 is 1.05 bits per heavy atom. The van der Waals surface area contributed by atoms with E-state index < -0.39 is 0 Å². The van der Waals surface area contributed by atoms with Gasteiger partial charge in [-0.25, -0.2) is 0 Å². The van der Waals surface area contributed by atoms with E-state index in [1.807, 2.05) is 11.8 Å². The van der Waals surface area contributed by atoms with Crippen molar-refractivity contribution in [3.8, 4) is 0 Å². The predicted octanol–water partition coefficient (Wildman–Crippen LogP) is 4.98. The largest absolute Gasteiger partial charge is 0.354 e. The highest BCUT2D eigenvalue weighted by Gasteiger charge is 2.20. The second kappa shape index (κ2) is 6.73. The summed E-state index contributed by atoms with van der Waals surface area (Å²) >= 11 is 1.88. The Morgan fingerprint density at radius 3 is 2.52 bits per heavy atom. The lowest BCUT2D eigenvalue weighted by atomic mass is 10.00. The summed E-state index contributed by atoms with van der Waals surface area (Å²) in [5.74, 6) is 0.527. The van der Waals surface area contributed by atoms with Crippen molar-refractivity contribution in [2.75, 3.05) is 26.0 Å². The zero-order valence-corrected chi connectivity index (χ0v) is 14.2. The highest BCUT2D eigenvalue weighted by molar-refractivity contribution is 7.99. The molecule has 2 aromatic carbocycles. The van der Waals surface area contributed by atoms with E-state index in [-0.39, 0.29) is 12.4 Å². The summed E-state index contributed by atoms with van der Waals surface area (Å²) in [4.78, 5) is 4.93. The first-order valence-corrected chi connectivity index (χ1v) is 7.78. The summed E-state index contributed by atoms with van der Waals surface area (Å²) in [6.07, 6.45) is 0. The van der Waals surface area contributed by atoms with Crippen molar-refractivity contribution in [1.82, 2.24) is 4.90 Å². The molecule has 1 aliphatic rings. The second-order valence-corrected chi connectivity index (χ2v) is 6.66. The molecule has 0 spiro atoms. The Hall–Kier alpha value is -1.16. The standard InChI is InChI=1S/C17H20N2S.ClH/c1-12(11-19(2)3)13-7-6-9-15-17(13)20-16-10-5-4-8-14(16)18-15;/h4-10,12,18H,11H2,1-3H3;1H. The molecule has 1 unspecified atom stereocenters. The van der Waals surface area contributed by atoms with Crippen molar-refractivity contribution >= 4 is 35.5 Å². The SMILES string of the molecule is CC(CN(C)C)c1cccc2c1Sc1ccccc1N2.Cl. The fourth-order valence-corrected chi connectivity index (χ4v) is 3.93. The lowest BCUT2D eigenvalue weighted by molar-refractivity contribution is 0.381. The molecule has 0 saturated heterocycles. The van der Waals surface area contributed by atoms with Gasteiger partial charge in [-0.15, -0.1) is 12.4 Å². The highest BCUT2D eigenvalue weighted by atomic mass is 35.5. The molecule has 112 valence electrons. The van der Waals surface area contributed by atoms with Crippen molar-refractivity contribution in [1.29, 1.82) is 0 Å². The number of nitrogens with one attached hydrogen (secondary N) is 1. The molecule has 0 aliphatic carbocycles. The van der Waals surface area contributed by atoms with E-state index >= 15 is 0 Å². The van der Waals surface area contributed by atoms with Crippen LogP contribution in [0, 0.1) is 0 Å². The summed E-state index contributed by atoms with van der Waals surface area (Å²) in [5, 5.41) is 3.55. The van der Waals surface area contributed by atoms with Gasteiger partial charge >= 0.3 is 0 Å². The minimum Gasteiger partial charge on any atom is -0.354 e. The first kappa shape index (κ1) is 16.2. The number of benzene rings is 2. The van der Waals surface area contributed by atoms with E-state index in [2.05, 4.69) is 73.7 Å². The maximum absolute atomic E-state index is 3.55. The van der Waals surface area contributed by atoms with Crippen LogP contribution in [0.2, 0.25) is 0 Å². The van der Waals surface area contributed by atoms with Crippen molar-refractivity contribution < 1.29 is 0 Å². The monoisotopic (exact) mass is 320 g/mol. The molecule has 0 bridgehead atoms. The molecular weight excluding hydrogens is 300 g/mol. The number of fused-ring (bicyclic) bond motifs is 2. The molecule has 4 heteroatoms. The molecule has 21 heavy (non-hydrogen) atoms. The van der Waals surface area contributed by atoms with Crippen LogP contribution in [0.25, 0.3) is 0 Å². The molecule has 0 amide bonds. The minimum absolute atomic E-state index is 0. The molecule has 0 fully saturated rings. The van der Waals surface area contributed by atoms with Gasteiger partial charge < -0.3 is 10.2 Å². The lowest BCUT2D eigenvalue weighted by Gasteiger charge is -2.26. The third-order valence-corrected chi connectivity index (χ3v) is 4.82. The molecule has 1 aliphatic heterocycles. The number of nitrogens with zero attached hydrogens (tertiary/aromatic N) is 1. The van der Waals surface area contributed by atoms with E-state index in [1.54, 1.807) is 0 Å². The van der Waals surface area contributed by atoms with Crippen LogP contribution in [-0.4, -0.2) is 25.5 Å². The van der Waals surface area contributed by atoms with Crippen molar-refractivity contribution in [2.24, 2.45) is 0 Å². The van der Waals surface area contributed by atoms with Gasteiger partial charge in [0.2, 0.25) is 0 Å². The minimum atomic E-state index is 0. The molecule has 1 heterocycles. The number of anilines is 2. The van der Waals surface area contributed by atoms with Crippen LogP contribution >= 0.6 is 24.2 Å². The predicted molar refractivity (Wildman–Crippen MR) is 94.5 cm³/mol. The Morgan fingerprint density at radius 2 is 1.76 bits per heavy atom. The van der Waals surface area contributed by atoms with Crippen molar-refractivity contribution in [3.63, 3.8) is 0 Å². The van der Waals surface area contributed by atoms with Gasteiger partial charge in [0.25, 0.3) is 0 Å². The summed E-state index contributed by atoms with van der Waals surface area (Å²) < 4.78 is 0. The topological polar surface area (TPSA) is 15.3 Å². The van der Waals surface area contributed by atoms with E-state index in [0.29, 0.717) is 5.92 Å². The lowest BCUT2D eigenvalue weighted by Crippen LogP contribution is -2.19. The first-order chi connectivity index (χ1) is 9.65. The molecule has 3 rings (SSSR count). The Labute approximate surface area is 137 Å². The van der Waals surface area contributed by atoms with Crippen LogP contribution in [-0.2, 0) is 0 Å². The molecule has 0 saturated carbocycles. The third kappa shape index (κ3) is 3.37. The van der Waals surface area contributed by atoms with Crippen LogP contribution in [0.4, 0.5) is 11.4 Å². The molecule has 0 aromatic heterocycles. The Bertz CT molecular complexity index is 628. The number of hydrogen-bond acceptors (Lipinski definition) is 3. The Kier molecular flexibility index (Phi) is 5.20. The van der Waals surface area contributed by atoms with Gasteiger partial charge in [-0.2, -0.15) is 0 Å². The quantitative estimate of drug-likeness (QED) is 0.732. The maximum Gasteiger partial charge on any atom is 0.0529 e. The van der Waals surface area contributed by atoms with Crippen LogP contribution in [0.3, 0.4) is 0 Å². The number of rotatable bonds is 3. The maximum atomic E-state index is 3.55. The third-order valence-electron chi connectivity index (χ3n) is 3.58. The van der Waals surface area contributed by atoms with E-state index in [1.165, 1.54) is 26.7 Å². The molecular formula is C17H21ClN2S. The van der Waals surface area contributed by atoms with Gasteiger partial charge in [0.1, 0.15) is 0 Å². The fourth-order valence-electron chi connectivity index (χ4n) is 2.72. The normalized spacial score (nSPS) is 13.7. The van der Waals surface area contributed by atoms with Crippen LogP contribution in [0.5, 0.6) is 0 Å². The second-order valence-electron chi connectivity index (χ2n) is 5.61. The van der Waals surface area contributed by atoms with E-state index in [0.717, 1.165) is 6.54 Å². The molecule has 0 radical (unpaired) electrons. The Balaban J connectivity index is 0.00000161. The zero-order chi connectivity index (χ0) is 14.1. The summed E-state index contributed by atoms with van der Waals surface area (Å²) in [6.45, 7) is 3.37.